The van der Waals surface area contributed by atoms with Gasteiger partial charge in [-0.2, -0.15) is 0 Å². The van der Waals surface area contributed by atoms with E-state index < -0.39 is 0 Å². The van der Waals surface area contributed by atoms with E-state index in [0.29, 0.717) is 0 Å². The molecule has 78 valence electrons. The first kappa shape index (κ1) is 11.7. The summed E-state index contributed by atoms with van der Waals surface area (Å²) in [6, 6.07) is 20.6. The van der Waals surface area contributed by atoms with Crippen molar-refractivity contribution in [2.24, 2.45) is 0 Å². The molecular weight excluding hydrogens is 196 g/mol. The third-order valence-corrected chi connectivity index (χ3v) is 2.07. The maximum Gasteiger partial charge on any atom is 0 e. The predicted octanol–water partition coefficient (Wildman–Crippen LogP) is 3.89. The molecule has 0 aromatic heterocycles. The predicted molar refractivity (Wildman–Crippen MR) is 65.3 cm³/mol. The van der Waals surface area contributed by atoms with Crippen LogP contribution < -0.4 is 0 Å². The minimum Gasteiger partial charge on any atom is -0.0622 e. The molecule has 0 amide bonds. The SMILES string of the molecule is C(=Cc1ccccc1)c1ccccc1.N#N. The van der Waals surface area contributed by atoms with Crippen LogP contribution in [0.25, 0.3) is 12.2 Å². The highest BCUT2D eigenvalue weighted by Gasteiger charge is 1.84. The molecule has 2 aromatic carbocycles. The van der Waals surface area contributed by atoms with Crippen LogP contribution in [-0.2, 0) is 0 Å². The highest BCUT2D eigenvalue weighted by atomic mass is 14.6. The van der Waals surface area contributed by atoms with E-state index >= 15 is 0 Å². The zero-order valence-electron chi connectivity index (χ0n) is 8.82. The summed E-state index contributed by atoms with van der Waals surface area (Å²) >= 11 is 0. The standard InChI is InChI=1S/C14H12.N2/c1-3-7-13(8-4-1)11-12-14-9-5-2-6-10-14;1-2/h1-12H;. The van der Waals surface area contributed by atoms with Crippen molar-refractivity contribution in [3.05, 3.63) is 71.8 Å². The van der Waals surface area contributed by atoms with Gasteiger partial charge >= 0.3 is 0 Å². The number of benzene rings is 2. The Morgan fingerprint density at radius 3 is 1.19 bits per heavy atom. The van der Waals surface area contributed by atoms with E-state index in [0.717, 1.165) is 0 Å². The van der Waals surface area contributed by atoms with Crippen molar-refractivity contribution in [1.29, 1.82) is 10.8 Å². The van der Waals surface area contributed by atoms with Crippen LogP contribution >= 0.6 is 0 Å². The van der Waals surface area contributed by atoms with Gasteiger partial charge in [0.15, 0.2) is 0 Å². The van der Waals surface area contributed by atoms with E-state index in [9.17, 15) is 0 Å². The first-order valence-corrected chi connectivity index (χ1v) is 4.93. The van der Waals surface area contributed by atoms with Gasteiger partial charge in [0.1, 0.15) is 0 Å². The Morgan fingerprint density at radius 2 is 0.875 bits per heavy atom. The van der Waals surface area contributed by atoms with Gasteiger partial charge in [-0.25, -0.2) is 0 Å². The molecule has 0 aliphatic rings. The summed E-state index contributed by atoms with van der Waals surface area (Å²) < 4.78 is 0. The first-order chi connectivity index (χ1) is 7.95. The van der Waals surface area contributed by atoms with Gasteiger partial charge < -0.3 is 0 Å². The molecule has 0 aliphatic heterocycles. The summed E-state index contributed by atoms with van der Waals surface area (Å²) in [6.07, 6.45) is 4.24. The van der Waals surface area contributed by atoms with Crippen LogP contribution in [0.2, 0.25) is 0 Å². The zero-order valence-corrected chi connectivity index (χ0v) is 8.82. The molecular formula is C14H12N2. The molecule has 0 unspecified atom stereocenters. The van der Waals surface area contributed by atoms with E-state index in [1.54, 1.807) is 0 Å². The number of rotatable bonds is 2. The summed E-state index contributed by atoms with van der Waals surface area (Å²) in [5.74, 6) is 0. The van der Waals surface area contributed by atoms with E-state index in [-0.39, 0.29) is 0 Å². The average molecular weight is 208 g/mol. The molecule has 2 aromatic rings. The average Bonchev–Trinajstić information content (AvgIpc) is 2.41. The fourth-order valence-corrected chi connectivity index (χ4v) is 1.32. The largest absolute Gasteiger partial charge is 0.0622 e. The second-order valence-corrected chi connectivity index (χ2v) is 3.15. The van der Waals surface area contributed by atoms with Crippen LogP contribution in [0.4, 0.5) is 0 Å². The summed E-state index contributed by atoms with van der Waals surface area (Å²) in [6.45, 7) is 0. The Balaban J connectivity index is 0.000000606. The van der Waals surface area contributed by atoms with Gasteiger partial charge in [-0.3, -0.25) is 0 Å². The van der Waals surface area contributed by atoms with E-state index in [2.05, 4.69) is 36.4 Å². The lowest BCUT2D eigenvalue weighted by atomic mass is 10.1. The van der Waals surface area contributed by atoms with Crippen LogP contribution in [0.15, 0.2) is 60.7 Å². The third kappa shape index (κ3) is 3.77. The Morgan fingerprint density at radius 1 is 0.562 bits per heavy atom. The van der Waals surface area contributed by atoms with Gasteiger partial charge in [0.25, 0.3) is 0 Å². The molecule has 0 atom stereocenters. The molecule has 16 heavy (non-hydrogen) atoms. The van der Waals surface area contributed by atoms with Gasteiger partial charge in [0, 0.05) is 10.8 Å². The van der Waals surface area contributed by atoms with Crippen LogP contribution in [0.3, 0.4) is 0 Å². The molecule has 0 spiro atoms. The Labute approximate surface area is 95.3 Å². The zero-order chi connectivity index (χ0) is 11.6. The van der Waals surface area contributed by atoms with Crippen LogP contribution in [0.5, 0.6) is 0 Å². The van der Waals surface area contributed by atoms with Crippen molar-refractivity contribution in [3.63, 3.8) is 0 Å². The highest BCUT2D eigenvalue weighted by Crippen LogP contribution is 2.06. The summed E-state index contributed by atoms with van der Waals surface area (Å²) in [5.41, 5.74) is 2.47. The molecule has 0 aliphatic carbocycles. The number of hydrogen-bond acceptors (Lipinski definition) is 2. The van der Waals surface area contributed by atoms with Crippen LogP contribution in [-0.4, -0.2) is 0 Å². The first-order valence-electron chi connectivity index (χ1n) is 4.93. The lowest BCUT2D eigenvalue weighted by molar-refractivity contribution is 1.15. The molecule has 0 radical (unpaired) electrons. The van der Waals surface area contributed by atoms with Crippen molar-refractivity contribution in [1.82, 2.24) is 0 Å². The van der Waals surface area contributed by atoms with Crippen LogP contribution in [0.1, 0.15) is 11.1 Å². The summed E-state index contributed by atoms with van der Waals surface area (Å²) in [7, 11) is 0. The molecule has 2 nitrogen and oxygen atoms in total. The van der Waals surface area contributed by atoms with Gasteiger partial charge in [-0.05, 0) is 11.1 Å². The fraction of sp³-hybridized carbons (Fsp3) is 0. The Kier molecular flexibility index (Phi) is 5.08. The monoisotopic (exact) mass is 208 g/mol. The second-order valence-electron chi connectivity index (χ2n) is 3.15. The minimum atomic E-state index is 1.23. The van der Waals surface area contributed by atoms with Gasteiger partial charge in [0.2, 0.25) is 0 Å². The topological polar surface area (TPSA) is 47.6 Å². The van der Waals surface area contributed by atoms with Crippen molar-refractivity contribution in [2.75, 3.05) is 0 Å². The molecule has 0 saturated carbocycles. The fourth-order valence-electron chi connectivity index (χ4n) is 1.32. The molecule has 2 rings (SSSR count). The molecule has 0 fully saturated rings. The normalized spacial score (nSPS) is 9.38. The summed E-state index contributed by atoms with van der Waals surface area (Å²) in [4.78, 5) is 0. The van der Waals surface area contributed by atoms with E-state index in [4.69, 9.17) is 10.8 Å². The number of hydrogen-bond donors (Lipinski definition) is 0. The maximum atomic E-state index is 6.00. The van der Waals surface area contributed by atoms with Gasteiger partial charge in [0.05, 0.1) is 0 Å². The lowest BCUT2D eigenvalue weighted by Gasteiger charge is -1.92. The Hall–Kier alpha value is -2.40. The second kappa shape index (κ2) is 6.97. The molecule has 0 heterocycles. The van der Waals surface area contributed by atoms with Crippen LogP contribution in [0, 0.1) is 10.8 Å². The maximum absolute atomic E-state index is 6.00. The molecule has 0 bridgehead atoms. The van der Waals surface area contributed by atoms with Crippen molar-refractivity contribution < 1.29 is 0 Å². The number of nitrogens with zero attached hydrogens (tertiary/aromatic N) is 2. The van der Waals surface area contributed by atoms with E-state index in [1.807, 2.05) is 36.4 Å². The molecule has 0 saturated heterocycles. The van der Waals surface area contributed by atoms with Gasteiger partial charge in [-0.1, -0.05) is 72.8 Å². The Bertz CT molecular complexity index is 402. The smallest absolute Gasteiger partial charge is 0 e. The minimum absolute atomic E-state index is 1.23. The quantitative estimate of drug-likeness (QED) is 0.555. The third-order valence-electron chi connectivity index (χ3n) is 2.07. The van der Waals surface area contributed by atoms with E-state index in [1.165, 1.54) is 11.1 Å². The highest BCUT2D eigenvalue weighted by molar-refractivity contribution is 5.69. The van der Waals surface area contributed by atoms with Crippen molar-refractivity contribution in [3.8, 4) is 0 Å². The summed E-state index contributed by atoms with van der Waals surface area (Å²) in [5, 5.41) is 12.0. The van der Waals surface area contributed by atoms with Gasteiger partial charge in [-0.15, -0.1) is 0 Å². The molecule has 2 heteroatoms. The molecule has 0 N–H and O–H groups in total. The lowest BCUT2D eigenvalue weighted by Crippen LogP contribution is -1.70. The van der Waals surface area contributed by atoms with Crippen molar-refractivity contribution >= 4 is 12.2 Å². The van der Waals surface area contributed by atoms with Crippen molar-refractivity contribution in [2.45, 2.75) is 0 Å².